The highest BCUT2D eigenvalue weighted by atomic mass is 19.4. The molecule has 0 N–H and O–H groups in total. The zero-order chi connectivity index (χ0) is 19.2. The van der Waals surface area contributed by atoms with E-state index < -0.39 is 12.3 Å². The van der Waals surface area contributed by atoms with E-state index in [9.17, 15) is 22.8 Å². The van der Waals surface area contributed by atoms with Crippen molar-refractivity contribution >= 4 is 12.2 Å². The number of carbonyl (C=O) groups excluding carboxylic acids is 2. The first kappa shape index (κ1) is 19.3. The van der Waals surface area contributed by atoms with E-state index in [1.165, 1.54) is 30.1 Å². The maximum Gasteiger partial charge on any atom is 0.573 e. The van der Waals surface area contributed by atoms with Crippen molar-refractivity contribution in [3.8, 4) is 11.5 Å². The van der Waals surface area contributed by atoms with Gasteiger partial charge < -0.3 is 14.4 Å². The SMILES string of the molecule is CN(Cc1ccccc1OC(F)(F)F)C(=O)COc1ccccc1C=O. The topological polar surface area (TPSA) is 55.8 Å². The molecule has 2 aromatic carbocycles. The quantitative estimate of drug-likeness (QED) is 0.704. The van der Waals surface area contributed by atoms with E-state index in [0.29, 0.717) is 11.8 Å². The largest absolute Gasteiger partial charge is 0.573 e. The fourth-order valence-corrected chi connectivity index (χ4v) is 2.16. The number of alkyl halides is 3. The molecule has 2 aromatic rings. The van der Waals surface area contributed by atoms with Crippen molar-refractivity contribution in [1.29, 1.82) is 0 Å². The van der Waals surface area contributed by atoms with Gasteiger partial charge >= 0.3 is 6.36 Å². The van der Waals surface area contributed by atoms with Gasteiger partial charge in [-0.25, -0.2) is 0 Å². The average Bonchev–Trinajstić information content (AvgIpc) is 2.60. The molecular formula is C18H16F3NO4. The highest BCUT2D eigenvalue weighted by molar-refractivity contribution is 5.80. The van der Waals surface area contributed by atoms with Gasteiger partial charge in [0.05, 0.1) is 5.56 Å². The number of hydrogen-bond donors (Lipinski definition) is 0. The molecule has 0 aliphatic heterocycles. The molecule has 1 amide bonds. The molecule has 5 nitrogen and oxygen atoms in total. The van der Waals surface area contributed by atoms with E-state index in [4.69, 9.17) is 4.74 Å². The Morgan fingerprint density at radius 3 is 2.35 bits per heavy atom. The van der Waals surface area contributed by atoms with Crippen molar-refractivity contribution in [2.45, 2.75) is 12.9 Å². The summed E-state index contributed by atoms with van der Waals surface area (Å²) in [7, 11) is 1.43. The minimum absolute atomic E-state index is 0.0935. The van der Waals surface area contributed by atoms with Crippen molar-refractivity contribution in [3.63, 3.8) is 0 Å². The van der Waals surface area contributed by atoms with Crippen LogP contribution in [0.1, 0.15) is 15.9 Å². The van der Waals surface area contributed by atoms with E-state index in [2.05, 4.69) is 4.74 Å². The maximum atomic E-state index is 12.4. The number of para-hydroxylation sites is 2. The fraction of sp³-hybridized carbons (Fsp3) is 0.222. The lowest BCUT2D eigenvalue weighted by atomic mass is 10.2. The van der Waals surface area contributed by atoms with E-state index in [1.807, 2.05) is 0 Å². The van der Waals surface area contributed by atoms with Gasteiger partial charge in [-0.05, 0) is 18.2 Å². The second-order valence-electron chi connectivity index (χ2n) is 5.35. The number of ether oxygens (including phenoxy) is 2. The molecule has 8 heteroatoms. The number of halogens is 3. The molecule has 0 atom stereocenters. The lowest BCUT2D eigenvalue weighted by Gasteiger charge is -2.20. The zero-order valence-corrected chi connectivity index (χ0v) is 13.8. The van der Waals surface area contributed by atoms with E-state index in [-0.39, 0.29) is 30.2 Å². The summed E-state index contributed by atoms with van der Waals surface area (Å²) in [5.74, 6) is -0.579. The maximum absolute atomic E-state index is 12.4. The molecule has 0 spiro atoms. The Bertz CT molecular complexity index is 777. The predicted molar refractivity (Wildman–Crippen MR) is 86.9 cm³/mol. The third kappa shape index (κ3) is 5.51. The van der Waals surface area contributed by atoms with Crippen LogP contribution in [-0.2, 0) is 11.3 Å². The smallest absolute Gasteiger partial charge is 0.483 e. The first-order chi connectivity index (χ1) is 12.3. The Morgan fingerprint density at radius 2 is 1.69 bits per heavy atom. The van der Waals surface area contributed by atoms with Crippen molar-refractivity contribution < 1.29 is 32.2 Å². The summed E-state index contributed by atoms with van der Waals surface area (Å²) < 4.78 is 46.6. The highest BCUT2D eigenvalue weighted by Crippen LogP contribution is 2.27. The molecule has 0 aliphatic rings. The summed E-state index contributed by atoms with van der Waals surface area (Å²) in [6.07, 6.45) is -4.21. The van der Waals surface area contributed by atoms with Gasteiger partial charge in [0.15, 0.2) is 12.9 Å². The van der Waals surface area contributed by atoms with Crippen LogP contribution in [0, 0.1) is 0 Å². The van der Waals surface area contributed by atoms with Gasteiger partial charge in [-0.15, -0.1) is 13.2 Å². The van der Waals surface area contributed by atoms with Crippen molar-refractivity contribution in [2.24, 2.45) is 0 Å². The molecule has 2 rings (SSSR count). The minimum atomic E-state index is -4.82. The first-order valence-corrected chi connectivity index (χ1v) is 7.55. The molecule has 0 heterocycles. The van der Waals surface area contributed by atoms with E-state index in [1.54, 1.807) is 30.3 Å². The van der Waals surface area contributed by atoms with Gasteiger partial charge in [-0.3, -0.25) is 9.59 Å². The van der Waals surface area contributed by atoms with Crippen LogP contribution in [0.3, 0.4) is 0 Å². The average molecular weight is 367 g/mol. The zero-order valence-electron chi connectivity index (χ0n) is 13.8. The van der Waals surface area contributed by atoms with Crippen molar-refractivity contribution in [2.75, 3.05) is 13.7 Å². The monoisotopic (exact) mass is 367 g/mol. The van der Waals surface area contributed by atoms with Crippen LogP contribution in [0.4, 0.5) is 13.2 Å². The second-order valence-corrected chi connectivity index (χ2v) is 5.35. The Hall–Kier alpha value is -3.03. The van der Waals surface area contributed by atoms with Crippen LogP contribution < -0.4 is 9.47 Å². The van der Waals surface area contributed by atoms with Gasteiger partial charge in [0.25, 0.3) is 5.91 Å². The van der Waals surface area contributed by atoms with Crippen LogP contribution in [0.25, 0.3) is 0 Å². The van der Waals surface area contributed by atoms with E-state index >= 15 is 0 Å². The summed E-state index contributed by atoms with van der Waals surface area (Å²) in [5, 5.41) is 0. The summed E-state index contributed by atoms with van der Waals surface area (Å²) in [5.41, 5.74) is 0.501. The van der Waals surface area contributed by atoms with Crippen LogP contribution in [0.5, 0.6) is 11.5 Å². The van der Waals surface area contributed by atoms with Crippen LogP contribution in [0.15, 0.2) is 48.5 Å². The van der Waals surface area contributed by atoms with Gasteiger partial charge in [-0.2, -0.15) is 0 Å². The van der Waals surface area contributed by atoms with Crippen molar-refractivity contribution in [1.82, 2.24) is 4.90 Å². The number of likely N-dealkylation sites (N-methyl/N-ethyl adjacent to an activating group) is 1. The molecule has 0 unspecified atom stereocenters. The third-order valence-electron chi connectivity index (χ3n) is 3.43. The lowest BCUT2D eigenvalue weighted by Crippen LogP contribution is -2.31. The molecule has 26 heavy (non-hydrogen) atoms. The number of rotatable bonds is 7. The lowest BCUT2D eigenvalue weighted by molar-refractivity contribution is -0.275. The first-order valence-electron chi connectivity index (χ1n) is 7.55. The predicted octanol–water partition coefficient (Wildman–Crippen LogP) is 3.44. The van der Waals surface area contributed by atoms with Gasteiger partial charge in [0.1, 0.15) is 11.5 Å². The molecule has 0 saturated heterocycles. The fourth-order valence-electron chi connectivity index (χ4n) is 2.16. The number of amides is 1. The normalized spacial score (nSPS) is 10.9. The van der Waals surface area contributed by atoms with Crippen molar-refractivity contribution in [3.05, 3.63) is 59.7 Å². The second kappa shape index (κ2) is 8.37. The number of carbonyl (C=O) groups is 2. The number of aldehydes is 1. The third-order valence-corrected chi connectivity index (χ3v) is 3.43. The molecule has 0 bridgehead atoms. The Balaban J connectivity index is 2.00. The van der Waals surface area contributed by atoms with Crippen LogP contribution in [-0.4, -0.2) is 37.1 Å². The molecule has 0 radical (unpaired) electrons. The summed E-state index contributed by atoms with van der Waals surface area (Å²) in [6.45, 7) is -0.451. The Morgan fingerprint density at radius 1 is 1.08 bits per heavy atom. The Labute approximate surface area is 147 Å². The molecule has 138 valence electrons. The molecule has 0 fully saturated rings. The molecule has 0 saturated carbocycles. The summed E-state index contributed by atoms with van der Waals surface area (Å²) >= 11 is 0. The standard InChI is InChI=1S/C18H16F3NO4/c1-22(10-13-6-2-5-9-16(13)26-18(19,20)21)17(24)12-25-15-8-4-3-7-14(15)11-23/h2-9,11H,10,12H2,1H3. The Kier molecular flexibility index (Phi) is 6.21. The number of hydrogen-bond acceptors (Lipinski definition) is 4. The van der Waals surface area contributed by atoms with Crippen LogP contribution in [0.2, 0.25) is 0 Å². The number of nitrogens with zero attached hydrogens (tertiary/aromatic N) is 1. The highest BCUT2D eigenvalue weighted by Gasteiger charge is 2.32. The molecule has 0 aliphatic carbocycles. The summed E-state index contributed by atoms with van der Waals surface area (Å²) in [4.78, 5) is 24.3. The van der Waals surface area contributed by atoms with Crippen LogP contribution >= 0.6 is 0 Å². The number of benzene rings is 2. The summed E-state index contributed by atoms with van der Waals surface area (Å²) in [6, 6.07) is 12.0. The molecule has 0 aromatic heterocycles. The van der Waals surface area contributed by atoms with Gasteiger partial charge in [-0.1, -0.05) is 30.3 Å². The van der Waals surface area contributed by atoms with Gasteiger partial charge in [0.2, 0.25) is 0 Å². The van der Waals surface area contributed by atoms with Gasteiger partial charge in [0, 0.05) is 19.2 Å². The minimum Gasteiger partial charge on any atom is -0.483 e. The molecular weight excluding hydrogens is 351 g/mol. The van der Waals surface area contributed by atoms with E-state index in [0.717, 1.165) is 0 Å².